The molecule has 0 bridgehead atoms. The number of nitrogens with zero attached hydrogens (tertiary/aromatic N) is 2. The van der Waals surface area contributed by atoms with Gasteiger partial charge in [0.05, 0.1) is 12.6 Å². The SMILES string of the molecule is COc1ccc(CSc2nc3cc(C)[nH]c3c(=O)n2CC(C)C)cc1F. The lowest BCUT2D eigenvalue weighted by molar-refractivity contribution is 0.386. The third-order valence-corrected chi connectivity index (χ3v) is 5.02. The Morgan fingerprint density at radius 2 is 2.12 bits per heavy atom. The summed E-state index contributed by atoms with van der Waals surface area (Å²) in [6.07, 6.45) is 0. The third-order valence-electron chi connectivity index (χ3n) is 3.97. The second kappa shape index (κ2) is 7.53. The van der Waals surface area contributed by atoms with Gasteiger partial charge in [0.1, 0.15) is 5.52 Å². The third kappa shape index (κ3) is 3.77. The van der Waals surface area contributed by atoms with Gasteiger partial charge >= 0.3 is 0 Å². The highest BCUT2D eigenvalue weighted by Crippen LogP contribution is 2.25. The molecule has 5 nitrogen and oxygen atoms in total. The number of aromatic amines is 1. The van der Waals surface area contributed by atoms with Gasteiger partial charge in [0, 0.05) is 18.0 Å². The molecule has 0 amide bonds. The maximum Gasteiger partial charge on any atom is 0.278 e. The first-order valence-corrected chi connectivity index (χ1v) is 9.43. The molecule has 0 aliphatic carbocycles. The van der Waals surface area contributed by atoms with E-state index in [4.69, 9.17) is 4.74 Å². The number of rotatable bonds is 6. The number of aromatic nitrogens is 3. The van der Waals surface area contributed by atoms with Gasteiger partial charge in [-0.2, -0.15) is 0 Å². The summed E-state index contributed by atoms with van der Waals surface area (Å²) in [5, 5.41) is 0.645. The van der Waals surface area contributed by atoms with Crippen molar-refractivity contribution in [3.63, 3.8) is 0 Å². The molecule has 0 atom stereocenters. The zero-order valence-corrected chi connectivity index (χ0v) is 16.1. The van der Waals surface area contributed by atoms with Crippen molar-refractivity contribution in [2.24, 2.45) is 5.92 Å². The highest BCUT2D eigenvalue weighted by molar-refractivity contribution is 7.98. The van der Waals surface area contributed by atoms with Gasteiger partial charge in [-0.15, -0.1) is 0 Å². The average molecular weight is 375 g/mol. The predicted molar refractivity (Wildman–Crippen MR) is 102 cm³/mol. The van der Waals surface area contributed by atoms with E-state index >= 15 is 0 Å². The van der Waals surface area contributed by atoms with Crippen LogP contribution < -0.4 is 10.3 Å². The normalized spacial score (nSPS) is 11.5. The van der Waals surface area contributed by atoms with Crippen LogP contribution in [0.1, 0.15) is 25.1 Å². The molecule has 3 rings (SSSR count). The summed E-state index contributed by atoms with van der Waals surface area (Å²) in [7, 11) is 1.44. The first-order chi connectivity index (χ1) is 12.4. The number of hydrogen-bond donors (Lipinski definition) is 1. The number of fused-ring (bicyclic) bond motifs is 1. The molecular weight excluding hydrogens is 353 g/mol. The minimum atomic E-state index is -0.394. The summed E-state index contributed by atoms with van der Waals surface area (Å²) in [4.78, 5) is 20.6. The van der Waals surface area contributed by atoms with E-state index in [-0.39, 0.29) is 11.3 Å². The van der Waals surface area contributed by atoms with Gasteiger partial charge in [-0.25, -0.2) is 9.37 Å². The highest BCUT2D eigenvalue weighted by atomic mass is 32.2. The summed E-state index contributed by atoms with van der Waals surface area (Å²) >= 11 is 1.43. The first kappa shape index (κ1) is 18.5. The number of nitrogens with one attached hydrogen (secondary N) is 1. The number of thioether (sulfide) groups is 1. The van der Waals surface area contributed by atoms with Crippen molar-refractivity contribution in [3.05, 3.63) is 51.7 Å². The first-order valence-electron chi connectivity index (χ1n) is 8.44. The van der Waals surface area contributed by atoms with Crippen LogP contribution in [-0.4, -0.2) is 21.6 Å². The zero-order chi connectivity index (χ0) is 18.8. The van der Waals surface area contributed by atoms with E-state index in [9.17, 15) is 9.18 Å². The van der Waals surface area contributed by atoms with Gasteiger partial charge in [-0.1, -0.05) is 31.7 Å². The Morgan fingerprint density at radius 3 is 2.77 bits per heavy atom. The minimum Gasteiger partial charge on any atom is -0.494 e. The Hall–Kier alpha value is -2.28. The number of hydrogen-bond acceptors (Lipinski definition) is 4. The number of ether oxygens (including phenoxy) is 1. The molecule has 0 fully saturated rings. The molecule has 26 heavy (non-hydrogen) atoms. The molecule has 1 N–H and O–H groups in total. The summed E-state index contributed by atoms with van der Waals surface area (Å²) in [5.74, 6) is 0.647. The van der Waals surface area contributed by atoms with Crippen LogP contribution >= 0.6 is 11.8 Å². The number of halogens is 1. The lowest BCUT2D eigenvalue weighted by Crippen LogP contribution is -2.25. The summed E-state index contributed by atoms with van der Waals surface area (Å²) in [5.41, 5.74) is 2.84. The number of benzene rings is 1. The Balaban J connectivity index is 1.95. The monoisotopic (exact) mass is 375 g/mol. The number of H-pyrrole nitrogens is 1. The Bertz CT molecular complexity index is 994. The van der Waals surface area contributed by atoms with Crippen LogP contribution in [0.5, 0.6) is 5.75 Å². The van der Waals surface area contributed by atoms with E-state index in [1.165, 1.54) is 24.9 Å². The second-order valence-corrected chi connectivity index (χ2v) is 7.62. The summed E-state index contributed by atoms with van der Waals surface area (Å²) < 4.78 is 20.5. The van der Waals surface area contributed by atoms with E-state index in [2.05, 4.69) is 23.8 Å². The van der Waals surface area contributed by atoms with Gasteiger partial charge in [-0.05, 0) is 36.6 Å². The van der Waals surface area contributed by atoms with Gasteiger partial charge in [0.15, 0.2) is 16.7 Å². The standard InChI is InChI=1S/C19H22FN3O2S/c1-11(2)9-23-18(24)17-15(7-12(3)21-17)22-19(23)26-10-13-5-6-16(25-4)14(20)8-13/h5-8,11,21H,9-10H2,1-4H3. The molecule has 0 aliphatic heterocycles. The van der Waals surface area contributed by atoms with Crippen LogP contribution in [0.25, 0.3) is 11.0 Å². The van der Waals surface area contributed by atoms with E-state index in [1.54, 1.807) is 10.6 Å². The zero-order valence-electron chi connectivity index (χ0n) is 15.3. The van der Waals surface area contributed by atoms with Crippen molar-refractivity contribution >= 4 is 22.8 Å². The van der Waals surface area contributed by atoms with Crippen molar-refractivity contribution in [1.29, 1.82) is 0 Å². The quantitative estimate of drug-likeness (QED) is 0.520. The molecule has 1 aromatic carbocycles. The predicted octanol–water partition coefficient (Wildman–Crippen LogP) is 4.13. The maximum atomic E-state index is 13.9. The molecule has 0 aliphatic rings. The maximum absolute atomic E-state index is 13.9. The Labute approximate surface area is 155 Å². The van der Waals surface area contributed by atoms with Crippen molar-refractivity contribution in [1.82, 2.24) is 14.5 Å². The van der Waals surface area contributed by atoms with E-state index in [0.29, 0.717) is 34.4 Å². The molecule has 2 heterocycles. The molecule has 3 aromatic rings. The fourth-order valence-electron chi connectivity index (χ4n) is 2.79. The topological polar surface area (TPSA) is 59.9 Å². The molecule has 0 saturated carbocycles. The number of aryl methyl sites for hydroxylation is 1. The average Bonchev–Trinajstić information content (AvgIpc) is 2.96. The van der Waals surface area contributed by atoms with Crippen LogP contribution in [0.3, 0.4) is 0 Å². The number of methoxy groups -OCH3 is 1. The van der Waals surface area contributed by atoms with Crippen LogP contribution in [0.15, 0.2) is 34.2 Å². The molecule has 0 radical (unpaired) electrons. The molecule has 0 saturated heterocycles. The van der Waals surface area contributed by atoms with E-state index in [1.807, 2.05) is 19.1 Å². The van der Waals surface area contributed by atoms with Gasteiger partial charge in [-0.3, -0.25) is 9.36 Å². The van der Waals surface area contributed by atoms with E-state index in [0.717, 1.165) is 11.3 Å². The van der Waals surface area contributed by atoms with Crippen molar-refractivity contribution in [3.8, 4) is 5.75 Å². The lowest BCUT2D eigenvalue weighted by Gasteiger charge is -2.14. The molecule has 2 aromatic heterocycles. The van der Waals surface area contributed by atoms with Crippen molar-refractivity contribution in [2.45, 2.75) is 38.2 Å². The van der Waals surface area contributed by atoms with Crippen LogP contribution in [0.4, 0.5) is 4.39 Å². The Morgan fingerprint density at radius 1 is 1.35 bits per heavy atom. The molecule has 138 valence electrons. The van der Waals surface area contributed by atoms with Crippen LogP contribution in [-0.2, 0) is 12.3 Å². The second-order valence-electron chi connectivity index (χ2n) is 6.67. The molecular formula is C19H22FN3O2S. The fourth-order valence-corrected chi connectivity index (χ4v) is 3.75. The van der Waals surface area contributed by atoms with Gasteiger partial charge < -0.3 is 9.72 Å². The van der Waals surface area contributed by atoms with Crippen molar-refractivity contribution in [2.75, 3.05) is 7.11 Å². The summed E-state index contributed by atoms with van der Waals surface area (Å²) in [6, 6.07) is 6.75. The minimum absolute atomic E-state index is 0.0692. The van der Waals surface area contributed by atoms with E-state index < -0.39 is 5.82 Å². The van der Waals surface area contributed by atoms with Crippen LogP contribution in [0, 0.1) is 18.7 Å². The van der Waals surface area contributed by atoms with Gasteiger partial charge in [0.25, 0.3) is 5.56 Å². The largest absolute Gasteiger partial charge is 0.494 e. The van der Waals surface area contributed by atoms with Crippen molar-refractivity contribution < 1.29 is 9.13 Å². The highest BCUT2D eigenvalue weighted by Gasteiger charge is 2.15. The molecule has 7 heteroatoms. The van der Waals surface area contributed by atoms with Gasteiger partial charge in [0.2, 0.25) is 0 Å². The van der Waals surface area contributed by atoms with Crippen LogP contribution in [0.2, 0.25) is 0 Å². The molecule has 0 unspecified atom stereocenters. The lowest BCUT2D eigenvalue weighted by atomic mass is 10.2. The Kier molecular flexibility index (Phi) is 5.36. The fraction of sp³-hybridized carbons (Fsp3) is 0.368. The smallest absolute Gasteiger partial charge is 0.278 e. The summed E-state index contributed by atoms with van der Waals surface area (Å²) in [6.45, 7) is 6.60. The molecule has 0 spiro atoms.